The minimum absolute atomic E-state index is 0. The van der Waals surface area contributed by atoms with E-state index in [0.29, 0.717) is 13.2 Å². The van der Waals surface area contributed by atoms with Crippen LogP contribution >= 0.6 is 13.5 Å². The minimum Gasteiger partial charge on any atom is -0.392 e. The zero-order valence-electron chi connectivity index (χ0n) is 12.4. The summed E-state index contributed by atoms with van der Waals surface area (Å²) in [6.45, 7) is 7.61. The van der Waals surface area contributed by atoms with Crippen LogP contribution in [-0.4, -0.2) is 30.2 Å². The molecule has 0 unspecified atom stereocenters. The molecule has 2 aliphatic carbocycles. The molecule has 0 bridgehead atoms. The van der Waals surface area contributed by atoms with Crippen LogP contribution in [0.25, 0.3) is 0 Å². The Kier molecular flexibility index (Phi) is 5.93. The Labute approximate surface area is 123 Å². The SMILES string of the molecule is CC.C[C@]12CCC3(CC1=CCC[C@@H]2O)OCCO3.S. The molecule has 1 spiro atoms. The van der Waals surface area contributed by atoms with E-state index < -0.39 is 0 Å². The fourth-order valence-corrected chi connectivity index (χ4v) is 3.35. The summed E-state index contributed by atoms with van der Waals surface area (Å²) in [7, 11) is 0. The molecule has 0 aromatic rings. The second-order valence-electron chi connectivity index (χ2n) is 5.52. The van der Waals surface area contributed by atoms with Crippen molar-refractivity contribution in [1.82, 2.24) is 0 Å². The maximum absolute atomic E-state index is 10.2. The Morgan fingerprint density at radius 3 is 2.47 bits per heavy atom. The van der Waals surface area contributed by atoms with Gasteiger partial charge in [0.25, 0.3) is 0 Å². The zero-order valence-corrected chi connectivity index (χ0v) is 13.4. The highest BCUT2D eigenvalue weighted by atomic mass is 32.1. The third-order valence-electron chi connectivity index (χ3n) is 4.60. The lowest BCUT2D eigenvalue weighted by molar-refractivity contribution is -0.183. The Balaban J connectivity index is 0.000000576. The Hall–Kier alpha value is -0.0300. The summed E-state index contributed by atoms with van der Waals surface area (Å²) in [4.78, 5) is 0. The van der Waals surface area contributed by atoms with E-state index in [1.54, 1.807) is 0 Å². The monoisotopic (exact) mass is 288 g/mol. The molecule has 1 heterocycles. The summed E-state index contributed by atoms with van der Waals surface area (Å²) in [6, 6.07) is 0. The van der Waals surface area contributed by atoms with E-state index in [9.17, 15) is 5.11 Å². The van der Waals surface area contributed by atoms with Gasteiger partial charge in [-0.1, -0.05) is 32.4 Å². The topological polar surface area (TPSA) is 38.7 Å². The number of aliphatic hydroxyl groups is 1. The molecule has 112 valence electrons. The molecule has 19 heavy (non-hydrogen) atoms. The normalized spacial score (nSPS) is 35.6. The molecule has 3 nitrogen and oxygen atoms in total. The molecule has 1 aliphatic heterocycles. The predicted molar refractivity (Wildman–Crippen MR) is 81.6 cm³/mol. The van der Waals surface area contributed by atoms with Gasteiger partial charge in [0.1, 0.15) is 0 Å². The molecule has 1 saturated heterocycles. The summed E-state index contributed by atoms with van der Waals surface area (Å²) in [5.74, 6) is -0.359. The van der Waals surface area contributed by atoms with E-state index in [0.717, 1.165) is 32.1 Å². The number of rotatable bonds is 0. The van der Waals surface area contributed by atoms with Crippen molar-refractivity contribution in [2.45, 2.75) is 64.8 Å². The molecule has 3 aliphatic rings. The van der Waals surface area contributed by atoms with Crippen molar-refractivity contribution >= 4 is 13.5 Å². The van der Waals surface area contributed by atoms with Gasteiger partial charge >= 0.3 is 0 Å². The van der Waals surface area contributed by atoms with Crippen LogP contribution in [0.2, 0.25) is 0 Å². The van der Waals surface area contributed by atoms with Gasteiger partial charge in [-0.2, -0.15) is 13.5 Å². The van der Waals surface area contributed by atoms with Crippen LogP contribution in [-0.2, 0) is 9.47 Å². The largest absolute Gasteiger partial charge is 0.392 e. The van der Waals surface area contributed by atoms with Crippen LogP contribution in [0.4, 0.5) is 0 Å². The summed E-state index contributed by atoms with van der Waals surface area (Å²) in [5.41, 5.74) is 1.32. The van der Waals surface area contributed by atoms with Gasteiger partial charge in [-0.15, -0.1) is 0 Å². The first-order valence-electron chi connectivity index (χ1n) is 7.30. The molecule has 2 atom stereocenters. The Bertz CT molecular complexity index is 323. The number of allylic oxidation sites excluding steroid dienone is 1. The summed E-state index contributed by atoms with van der Waals surface area (Å²) < 4.78 is 11.5. The van der Waals surface area contributed by atoms with Crippen molar-refractivity contribution in [3.05, 3.63) is 11.6 Å². The molecular weight excluding hydrogens is 260 g/mol. The van der Waals surface area contributed by atoms with Crippen LogP contribution in [0, 0.1) is 5.41 Å². The highest BCUT2D eigenvalue weighted by Crippen LogP contribution is 2.52. The standard InChI is InChI=1S/C13H20O3.C2H6.H2S/c1-12-5-6-13(15-7-8-16-13)9-10(12)3-2-4-11(12)14;1-2;/h3,11,14H,2,4-9H2,1H3;1-2H3;1H2/t11-,12-;;/m0../s1. The third-order valence-corrected chi connectivity index (χ3v) is 4.60. The Morgan fingerprint density at radius 2 is 1.84 bits per heavy atom. The first kappa shape index (κ1) is 17.0. The molecule has 0 aromatic carbocycles. The van der Waals surface area contributed by atoms with E-state index in [2.05, 4.69) is 13.0 Å². The fraction of sp³-hybridized carbons (Fsp3) is 0.867. The molecule has 0 amide bonds. The number of aliphatic hydroxyl groups excluding tert-OH is 1. The maximum atomic E-state index is 10.2. The van der Waals surface area contributed by atoms with Crippen LogP contribution in [0.5, 0.6) is 0 Å². The van der Waals surface area contributed by atoms with E-state index in [1.165, 1.54) is 5.57 Å². The van der Waals surface area contributed by atoms with E-state index in [-0.39, 0.29) is 30.8 Å². The van der Waals surface area contributed by atoms with Crippen molar-refractivity contribution in [3.8, 4) is 0 Å². The highest BCUT2D eigenvalue weighted by Gasteiger charge is 2.50. The molecular formula is C15H28O3S. The smallest absolute Gasteiger partial charge is 0.172 e. The molecule has 0 radical (unpaired) electrons. The van der Waals surface area contributed by atoms with Gasteiger partial charge in [0.15, 0.2) is 5.79 Å². The van der Waals surface area contributed by atoms with Gasteiger partial charge in [-0.25, -0.2) is 0 Å². The number of hydrogen-bond donors (Lipinski definition) is 1. The van der Waals surface area contributed by atoms with E-state index >= 15 is 0 Å². The lowest BCUT2D eigenvalue weighted by Crippen LogP contribution is -2.46. The fourth-order valence-electron chi connectivity index (χ4n) is 3.35. The molecule has 2 fully saturated rings. The molecule has 0 aromatic heterocycles. The van der Waals surface area contributed by atoms with Gasteiger partial charge in [-0.05, 0) is 19.3 Å². The van der Waals surface area contributed by atoms with Crippen molar-refractivity contribution in [1.29, 1.82) is 0 Å². The summed E-state index contributed by atoms with van der Waals surface area (Å²) in [6.07, 6.45) is 6.72. The van der Waals surface area contributed by atoms with Gasteiger partial charge in [0.2, 0.25) is 0 Å². The van der Waals surface area contributed by atoms with E-state index in [4.69, 9.17) is 9.47 Å². The predicted octanol–water partition coefficient (Wildman–Crippen LogP) is 3.14. The summed E-state index contributed by atoms with van der Waals surface area (Å²) in [5, 5.41) is 10.2. The minimum atomic E-state index is -0.359. The van der Waals surface area contributed by atoms with Crippen LogP contribution in [0.3, 0.4) is 0 Å². The van der Waals surface area contributed by atoms with Gasteiger partial charge in [-0.3, -0.25) is 0 Å². The maximum Gasteiger partial charge on any atom is 0.172 e. The number of hydrogen-bond acceptors (Lipinski definition) is 3. The van der Waals surface area contributed by atoms with Gasteiger partial charge < -0.3 is 14.6 Å². The number of fused-ring (bicyclic) bond motifs is 1. The zero-order chi connectivity index (χ0) is 13.2. The third kappa shape index (κ3) is 3.02. The van der Waals surface area contributed by atoms with Crippen molar-refractivity contribution in [2.24, 2.45) is 5.41 Å². The highest BCUT2D eigenvalue weighted by molar-refractivity contribution is 7.59. The number of ether oxygens (including phenoxy) is 2. The van der Waals surface area contributed by atoms with Crippen molar-refractivity contribution in [2.75, 3.05) is 13.2 Å². The Morgan fingerprint density at radius 1 is 1.21 bits per heavy atom. The van der Waals surface area contributed by atoms with Crippen LogP contribution in [0.1, 0.15) is 52.9 Å². The van der Waals surface area contributed by atoms with Crippen molar-refractivity contribution in [3.63, 3.8) is 0 Å². The average Bonchev–Trinajstić information content (AvgIpc) is 2.84. The van der Waals surface area contributed by atoms with E-state index in [1.807, 2.05) is 13.8 Å². The quantitative estimate of drug-likeness (QED) is 0.696. The lowest BCUT2D eigenvalue weighted by Gasteiger charge is -2.48. The summed E-state index contributed by atoms with van der Waals surface area (Å²) >= 11 is 0. The van der Waals surface area contributed by atoms with Gasteiger partial charge in [0, 0.05) is 18.3 Å². The lowest BCUT2D eigenvalue weighted by atomic mass is 9.63. The average molecular weight is 288 g/mol. The second-order valence-corrected chi connectivity index (χ2v) is 5.52. The molecule has 3 rings (SSSR count). The first-order chi connectivity index (χ1) is 8.65. The first-order valence-corrected chi connectivity index (χ1v) is 7.30. The molecule has 4 heteroatoms. The van der Waals surface area contributed by atoms with Gasteiger partial charge in [0.05, 0.1) is 19.3 Å². The second kappa shape index (κ2) is 6.61. The molecule has 1 saturated carbocycles. The van der Waals surface area contributed by atoms with Crippen molar-refractivity contribution < 1.29 is 14.6 Å². The molecule has 1 N–H and O–H groups in total. The van der Waals surface area contributed by atoms with Crippen LogP contribution in [0.15, 0.2) is 11.6 Å². The van der Waals surface area contributed by atoms with Crippen LogP contribution < -0.4 is 0 Å².